The van der Waals surface area contributed by atoms with Crippen molar-refractivity contribution < 1.29 is 19.1 Å². The molecule has 1 saturated carbocycles. The molecule has 0 saturated heterocycles. The summed E-state index contributed by atoms with van der Waals surface area (Å²) in [6.45, 7) is 1.58. The lowest BCUT2D eigenvalue weighted by Crippen LogP contribution is -2.12. The normalized spacial score (nSPS) is 15.1. The first kappa shape index (κ1) is 14.6. The molecule has 1 aliphatic rings. The molecule has 0 heterocycles. The highest BCUT2D eigenvalue weighted by molar-refractivity contribution is 5.93. The van der Waals surface area contributed by atoms with Crippen LogP contribution in [0.25, 0.3) is 0 Å². The van der Waals surface area contributed by atoms with Gasteiger partial charge in [-0.2, -0.15) is 0 Å². The molecule has 20 heavy (non-hydrogen) atoms. The molecule has 4 nitrogen and oxygen atoms in total. The number of hydrogen-bond donors (Lipinski definition) is 0. The topological polar surface area (TPSA) is 52.6 Å². The highest BCUT2D eigenvalue weighted by atomic mass is 16.5. The third-order valence-electron chi connectivity index (χ3n) is 2.72. The van der Waals surface area contributed by atoms with Gasteiger partial charge in [0.2, 0.25) is 0 Å². The Kier molecular flexibility index (Phi) is 5.16. The van der Waals surface area contributed by atoms with Gasteiger partial charge < -0.3 is 9.47 Å². The Labute approximate surface area is 119 Å². The number of ether oxygens (including phenoxy) is 2. The monoisotopic (exact) mass is 271 g/mol. The summed E-state index contributed by atoms with van der Waals surface area (Å²) in [5.41, 5.74) is 0.255. The smallest absolute Gasteiger partial charge is 0.341 e. The first-order chi connectivity index (χ1) is 9.66. The summed E-state index contributed by atoms with van der Waals surface area (Å²) in [5, 5.41) is 0. The maximum absolute atomic E-state index is 12.0. The summed E-state index contributed by atoms with van der Waals surface area (Å²) in [6, 6.07) is 6.53. The minimum absolute atomic E-state index is 0.221. The molecule has 2 rings (SSSR count). The maximum atomic E-state index is 12.0. The van der Waals surface area contributed by atoms with Crippen molar-refractivity contribution in [3.8, 4) is 5.75 Å². The molecule has 1 aromatic carbocycles. The predicted octanol–water partition coefficient (Wildman–Crippen LogP) is 2.56. The van der Waals surface area contributed by atoms with Gasteiger partial charge >= 0.3 is 11.9 Å². The third-order valence-corrected chi connectivity index (χ3v) is 2.72. The van der Waals surface area contributed by atoms with Gasteiger partial charge in [0.05, 0.1) is 6.61 Å². The first-order valence-corrected chi connectivity index (χ1v) is 6.32. The summed E-state index contributed by atoms with van der Waals surface area (Å²) in [7, 11) is 0. The molecule has 1 aromatic rings. The second-order valence-electron chi connectivity index (χ2n) is 4.27. The Bertz CT molecular complexity index is 475. The van der Waals surface area contributed by atoms with E-state index in [4.69, 9.17) is 9.47 Å². The van der Waals surface area contributed by atoms with E-state index in [9.17, 15) is 9.59 Å². The van der Waals surface area contributed by atoms with Crippen LogP contribution < -0.4 is 4.74 Å². The molecule has 0 aromatic heterocycles. The fourth-order valence-corrected chi connectivity index (χ4v) is 1.80. The van der Waals surface area contributed by atoms with Gasteiger partial charge in [0, 0.05) is 6.92 Å². The van der Waals surface area contributed by atoms with Gasteiger partial charge in [0.25, 0.3) is 0 Å². The molecule has 0 atom stereocenters. The lowest BCUT2D eigenvalue weighted by molar-refractivity contribution is -0.131. The van der Waals surface area contributed by atoms with E-state index in [1.54, 1.807) is 24.3 Å². The van der Waals surface area contributed by atoms with E-state index < -0.39 is 11.9 Å². The van der Waals surface area contributed by atoms with E-state index in [0.29, 0.717) is 6.42 Å². The molecular formula is C16H15O4. The Hall–Kier alpha value is -1.84. The van der Waals surface area contributed by atoms with Crippen molar-refractivity contribution in [2.75, 3.05) is 6.61 Å². The molecule has 1 aliphatic carbocycles. The fraction of sp³-hybridized carbons (Fsp3) is 0.188. The summed E-state index contributed by atoms with van der Waals surface area (Å²) in [6.07, 6.45) is 8.48. The van der Waals surface area contributed by atoms with Crippen molar-refractivity contribution >= 4 is 11.9 Å². The number of carbonyl (C=O) groups excluding carboxylic acids is 2. The molecule has 0 aliphatic heterocycles. The van der Waals surface area contributed by atoms with Crippen LogP contribution in [-0.2, 0) is 9.53 Å². The fourth-order valence-electron chi connectivity index (χ4n) is 1.80. The number of para-hydroxylation sites is 1. The molecule has 5 radical (unpaired) electrons. The average Bonchev–Trinajstić information content (AvgIpc) is 2.91. The van der Waals surface area contributed by atoms with E-state index in [1.165, 1.54) is 6.92 Å². The molecule has 1 fully saturated rings. The summed E-state index contributed by atoms with van der Waals surface area (Å²) in [5.74, 6) is 0.375. The minimum Gasteiger partial charge on any atom is -0.462 e. The Morgan fingerprint density at radius 1 is 1.10 bits per heavy atom. The van der Waals surface area contributed by atoms with E-state index in [0.717, 1.165) is 5.92 Å². The summed E-state index contributed by atoms with van der Waals surface area (Å²) < 4.78 is 10.2. The van der Waals surface area contributed by atoms with Crippen LogP contribution in [0.5, 0.6) is 5.75 Å². The number of benzene rings is 1. The van der Waals surface area contributed by atoms with Gasteiger partial charge in [-0.05, 0) is 50.2 Å². The highest BCUT2D eigenvalue weighted by Crippen LogP contribution is 2.26. The molecule has 0 N–H and O–H groups in total. The molecule has 103 valence electrons. The van der Waals surface area contributed by atoms with Crippen molar-refractivity contribution in [3.63, 3.8) is 0 Å². The summed E-state index contributed by atoms with van der Waals surface area (Å²) in [4.78, 5) is 22.9. The molecule has 0 bridgehead atoms. The van der Waals surface area contributed by atoms with Gasteiger partial charge in [-0.1, -0.05) is 12.1 Å². The lowest BCUT2D eigenvalue weighted by Gasteiger charge is -2.10. The number of rotatable bonds is 5. The predicted molar refractivity (Wildman–Crippen MR) is 73.1 cm³/mol. The van der Waals surface area contributed by atoms with Gasteiger partial charge in [0.15, 0.2) is 0 Å². The minimum atomic E-state index is -0.492. The largest absolute Gasteiger partial charge is 0.462 e. The number of carbonyl (C=O) groups is 2. The van der Waals surface area contributed by atoms with Crippen LogP contribution >= 0.6 is 0 Å². The second-order valence-corrected chi connectivity index (χ2v) is 4.27. The van der Waals surface area contributed by atoms with Crippen LogP contribution in [0, 0.1) is 31.6 Å². The van der Waals surface area contributed by atoms with Gasteiger partial charge in [-0.15, -0.1) is 0 Å². The van der Waals surface area contributed by atoms with Crippen molar-refractivity contribution in [2.45, 2.75) is 13.3 Å². The van der Waals surface area contributed by atoms with Crippen LogP contribution in [0.4, 0.5) is 0 Å². The standard InChI is InChI=1S/C16H15O4/c1-12(17)20-15-9-5-4-8-14(15)16(18)19-11-10-13-6-2-3-7-13/h2-9H,10-11H2,1H3. The van der Waals surface area contributed by atoms with Crippen LogP contribution in [0.2, 0.25) is 0 Å². The zero-order chi connectivity index (χ0) is 14.4. The van der Waals surface area contributed by atoms with Crippen LogP contribution in [-0.4, -0.2) is 18.5 Å². The van der Waals surface area contributed by atoms with Crippen LogP contribution in [0.1, 0.15) is 23.7 Å². The molecule has 0 spiro atoms. The lowest BCUT2D eigenvalue weighted by atomic mass is 10.1. The van der Waals surface area contributed by atoms with Crippen LogP contribution in [0.3, 0.4) is 0 Å². The second kappa shape index (κ2) is 7.08. The van der Waals surface area contributed by atoms with Crippen molar-refractivity contribution in [2.24, 2.45) is 0 Å². The first-order valence-electron chi connectivity index (χ1n) is 6.32. The third kappa shape index (κ3) is 4.08. The van der Waals surface area contributed by atoms with Crippen LogP contribution in [0.15, 0.2) is 24.3 Å². The Morgan fingerprint density at radius 2 is 1.80 bits per heavy atom. The van der Waals surface area contributed by atoms with Crippen molar-refractivity contribution in [1.82, 2.24) is 0 Å². The Morgan fingerprint density at radius 3 is 2.50 bits per heavy atom. The molecule has 0 amide bonds. The van der Waals surface area contributed by atoms with E-state index in [-0.39, 0.29) is 17.9 Å². The molecule has 0 unspecified atom stereocenters. The SMILES string of the molecule is CC(=O)Oc1ccccc1C(=O)OCC[C]1[CH][CH][CH][CH]1. The maximum Gasteiger partial charge on any atom is 0.341 e. The highest BCUT2D eigenvalue weighted by Gasteiger charge is 2.19. The molecular weight excluding hydrogens is 256 g/mol. The van der Waals surface area contributed by atoms with Gasteiger partial charge in [0.1, 0.15) is 11.3 Å². The quantitative estimate of drug-likeness (QED) is 0.610. The van der Waals surface area contributed by atoms with E-state index in [2.05, 4.69) is 0 Å². The van der Waals surface area contributed by atoms with Gasteiger partial charge in [-0.3, -0.25) is 4.79 Å². The molecule has 4 heteroatoms. The average molecular weight is 271 g/mol. The number of hydrogen-bond acceptors (Lipinski definition) is 4. The Balaban J connectivity index is 1.89. The van der Waals surface area contributed by atoms with E-state index >= 15 is 0 Å². The number of esters is 2. The zero-order valence-corrected chi connectivity index (χ0v) is 11.2. The van der Waals surface area contributed by atoms with Gasteiger partial charge in [-0.25, -0.2) is 4.79 Å². The van der Waals surface area contributed by atoms with Crippen molar-refractivity contribution in [1.29, 1.82) is 0 Å². The summed E-state index contributed by atoms with van der Waals surface area (Å²) >= 11 is 0. The van der Waals surface area contributed by atoms with Crippen molar-refractivity contribution in [3.05, 3.63) is 61.4 Å². The van der Waals surface area contributed by atoms with E-state index in [1.807, 2.05) is 25.7 Å². The zero-order valence-electron chi connectivity index (χ0n) is 11.2.